The molecular formula is C25H28ClN3O5S. The van der Waals surface area contributed by atoms with Gasteiger partial charge in [0.2, 0.25) is 5.88 Å². The van der Waals surface area contributed by atoms with Crippen LogP contribution < -0.4 is 18.9 Å². The predicted molar refractivity (Wildman–Crippen MR) is 135 cm³/mol. The van der Waals surface area contributed by atoms with Crippen molar-refractivity contribution >= 4 is 27.3 Å². The minimum atomic E-state index is -3.94. The number of nitrogens with zero attached hydrogens (tertiary/aromatic N) is 2. The Bertz CT molecular complexity index is 1350. The Morgan fingerprint density at radius 1 is 1.11 bits per heavy atom. The molecule has 35 heavy (non-hydrogen) atoms. The normalized spacial score (nSPS) is 13.7. The third kappa shape index (κ3) is 5.47. The second kappa shape index (κ2) is 10.3. The molecule has 0 bridgehead atoms. The van der Waals surface area contributed by atoms with Crippen LogP contribution in [0, 0.1) is 6.92 Å². The standard InChI is InChI=1S/C25H28ClN3O5S/c1-16-19(26)6-5-7-24(16)35(30,31)28-21-13-18-14-29(2)11-10-20(18)27-25(21)34-15-17-8-9-22(32-3)23(12-17)33-4/h5-9,12-13,28H,10-11,14-15H2,1-4H3. The Kier molecular flexibility index (Phi) is 7.39. The molecule has 0 unspecified atom stereocenters. The fourth-order valence-corrected chi connectivity index (χ4v) is 5.52. The molecule has 10 heteroatoms. The van der Waals surface area contributed by atoms with Gasteiger partial charge in [0, 0.05) is 24.5 Å². The first-order valence-corrected chi connectivity index (χ1v) is 12.9. The lowest BCUT2D eigenvalue weighted by Crippen LogP contribution is -2.28. The van der Waals surface area contributed by atoms with Gasteiger partial charge in [-0.1, -0.05) is 23.7 Å². The number of ether oxygens (including phenoxy) is 3. The SMILES string of the molecule is COc1ccc(COc2nc3c(cc2NS(=O)(=O)c2cccc(Cl)c2C)CN(C)CC3)cc1OC. The van der Waals surface area contributed by atoms with E-state index < -0.39 is 10.0 Å². The highest BCUT2D eigenvalue weighted by Gasteiger charge is 2.24. The predicted octanol–water partition coefficient (Wildman–Crippen LogP) is 4.43. The molecule has 0 saturated heterocycles. The summed E-state index contributed by atoms with van der Waals surface area (Å²) in [4.78, 5) is 6.96. The summed E-state index contributed by atoms with van der Waals surface area (Å²) in [6, 6.07) is 12.0. The summed E-state index contributed by atoms with van der Waals surface area (Å²) in [6.07, 6.45) is 0.749. The Morgan fingerprint density at radius 2 is 1.89 bits per heavy atom. The van der Waals surface area contributed by atoms with Crippen molar-refractivity contribution in [1.29, 1.82) is 0 Å². The van der Waals surface area contributed by atoms with Crippen LogP contribution in [0.25, 0.3) is 0 Å². The molecule has 0 saturated carbocycles. The van der Waals surface area contributed by atoms with Crippen molar-refractivity contribution in [3.8, 4) is 17.4 Å². The molecule has 2 aromatic carbocycles. The third-order valence-electron chi connectivity index (χ3n) is 5.90. The lowest BCUT2D eigenvalue weighted by molar-refractivity contribution is 0.284. The van der Waals surface area contributed by atoms with Crippen LogP contribution >= 0.6 is 11.6 Å². The lowest BCUT2D eigenvalue weighted by Gasteiger charge is -2.26. The monoisotopic (exact) mass is 517 g/mol. The largest absolute Gasteiger partial charge is 0.493 e. The van der Waals surface area contributed by atoms with Gasteiger partial charge in [0.25, 0.3) is 10.0 Å². The number of hydrogen-bond acceptors (Lipinski definition) is 7. The minimum Gasteiger partial charge on any atom is -0.493 e. The first-order valence-electron chi connectivity index (χ1n) is 11.0. The van der Waals surface area contributed by atoms with Crippen LogP contribution in [0.5, 0.6) is 17.4 Å². The number of fused-ring (bicyclic) bond motifs is 1. The number of rotatable bonds is 8. The molecule has 0 atom stereocenters. The smallest absolute Gasteiger partial charge is 0.262 e. The zero-order valence-electron chi connectivity index (χ0n) is 20.1. The highest BCUT2D eigenvalue weighted by molar-refractivity contribution is 7.92. The summed E-state index contributed by atoms with van der Waals surface area (Å²) in [5.74, 6) is 1.40. The molecule has 0 spiro atoms. The molecule has 8 nitrogen and oxygen atoms in total. The Hall–Kier alpha value is -3.01. The molecule has 0 fully saturated rings. The van der Waals surface area contributed by atoms with E-state index in [0.717, 1.165) is 29.8 Å². The third-order valence-corrected chi connectivity index (χ3v) is 7.82. The van der Waals surface area contributed by atoms with Crippen LogP contribution in [0.4, 0.5) is 5.69 Å². The van der Waals surface area contributed by atoms with Crippen LogP contribution in [0.15, 0.2) is 47.4 Å². The number of likely N-dealkylation sites (N-methyl/N-ethyl adjacent to an activating group) is 1. The van der Waals surface area contributed by atoms with Gasteiger partial charge in [0.15, 0.2) is 11.5 Å². The second-order valence-electron chi connectivity index (χ2n) is 8.38. The van der Waals surface area contributed by atoms with Gasteiger partial charge in [-0.3, -0.25) is 4.72 Å². The highest BCUT2D eigenvalue weighted by atomic mass is 35.5. The summed E-state index contributed by atoms with van der Waals surface area (Å²) in [5, 5.41) is 0.378. The van der Waals surface area contributed by atoms with Crippen LogP contribution in [-0.2, 0) is 29.6 Å². The van der Waals surface area contributed by atoms with E-state index in [1.54, 1.807) is 45.4 Å². The number of benzene rings is 2. The van der Waals surface area contributed by atoms with Crippen molar-refractivity contribution in [2.24, 2.45) is 0 Å². The molecule has 1 N–H and O–H groups in total. The summed E-state index contributed by atoms with van der Waals surface area (Å²) in [7, 11) is 1.22. The van der Waals surface area contributed by atoms with E-state index in [-0.39, 0.29) is 23.1 Å². The molecule has 2 heterocycles. The van der Waals surface area contributed by atoms with Gasteiger partial charge in [-0.15, -0.1) is 0 Å². The maximum atomic E-state index is 13.3. The molecule has 1 aliphatic rings. The van der Waals surface area contributed by atoms with Crippen molar-refractivity contribution in [1.82, 2.24) is 9.88 Å². The lowest BCUT2D eigenvalue weighted by atomic mass is 10.1. The van der Waals surface area contributed by atoms with E-state index in [2.05, 4.69) is 9.62 Å². The van der Waals surface area contributed by atoms with Gasteiger partial charge in [-0.2, -0.15) is 0 Å². The number of methoxy groups -OCH3 is 2. The van der Waals surface area contributed by atoms with Gasteiger partial charge >= 0.3 is 0 Å². The Morgan fingerprint density at radius 3 is 2.63 bits per heavy atom. The molecule has 4 rings (SSSR count). The quantitative estimate of drug-likeness (QED) is 0.472. The number of sulfonamides is 1. The molecule has 0 aliphatic carbocycles. The van der Waals surface area contributed by atoms with Crippen molar-refractivity contribution in [2.75, 3.05) is 32.5 Å². The van der Waals surface area contributed by atoms with Gasteiger partial charge in [-0.25, -0.2) is 13.4 Å². The van der Waals surface area contributed by atoms with Gasteiger partial charge in [0.1, 0.15) is 12.3 Å². The highest BCUT2D eigenvalue weighted by Crippen LogP contribution is 2.33. The Balaban J connectivity index is 1.68. The van der Waals surface area contributed by atoms with Crippen molar-refractivity contribution in [3.63, 3.8) is 0 Å². The topological polar surface area (TPSA) is 90.0 Å². The molecule has 186 valence electrons. The van der Waals surface area contributed by atoms with Crippen LogP contribution in [0.2, 0.25) is 5.02 Å². The first-order chi connectivity index (χ1) is 16.7. The van der Waals surface area contributed by atoms with E-state index in [1.165, 1.54) is 6.07 Å². The number of hydrogen-bond donors (Lipinski definition) is 1. The van der Waals surface area contributed by atoms with Crippen molar-refractivity contribution in [2.45, 2.75) is 31.4 Å². The van der Waals surface area contributed by atoms with Gasteiger partial charge in [0.05, 0.1) is 24.8 Å². The maximum Gasteiger partial charge on any atom is 0.262 e. The average molecular weight is 518 g/mol. The van der Waals surface area contributed by atoms with Crippen LogP contribution in [0.3, 0.4) is 0 Å². The van der Waals surface area contributed by atoms with Gasteiger partial charge in [-0.05, 0) is 61.0 Å². The van der Waals surface area contributed by atoms with Crippen molar-refractivity contribution < 1.29 is 22.6 Å². The van der Waals surface area contributed by atoms with Gasteiger partial charge < -0.3 is 19.1 Å². The fourth-order valence-electron chi connectivity index (χ4n) is 3.98. The molecule has 3 aromatic rings. The van der Waals surface area contributed by atoms with Crippen LogP contribution in [-0.4, -0.2) is 46.1 Å². The molecule has 0 amide bonds. The minimum absolute atomic E-state index is 0.102. The first kappa shape index (κ1) is 25.1. The average Bonchev–Trinajstić information content (AvgIpc) is 2.83. The van der Waals surface area contributed by atoms with E-state index in [9.17, 15) is 8.42 Å². The zero-order chi connectivity index (χ0) is 25.2. The molecule has 1 aromatic heterocycles. The second-order valence-corrected chi connectivity index (χ2v) is 10.4. The maximum absolute atomic E-state index is 13.3. The van der Waals surface area contributed by atoms with E-state index in [1.807, 2.05) is 19.2 Å². The van der Waals surface area contributed by atoms with E-state index >= 15 is 0 Å². The van der Waals surface area contributed by atoms with Crippen molar-refractivity contribution in [3.05, 3.63) is 69.9 Å². The Labute approximate surface area is 210 Å². The molecule has 1 aliphatic heterocycles. The van der Waals surface area contributed by atoms with Crippen LogP contribution in [0.1, 0.15) is 22.4 Å². The summed E-state index contributed by atoms with van der Waals surface area (Å²) < 4.78 is 46.0. The number of halogens is 1. The fraction of sp³-hybridized carbons (Fsp3) is 0.320. The summed E-state index contributed by atoms with van der Waals surface area (Å²) in [5.41, 5.74) is 3.42. The summed E-state index contributed by atoms with van der Waals surface area (Å²) in [6.45, 7) is 3.37. The number of nitrogens with one attached hydrogen (secondary N) is 1. The number of aromatic nitrogens is 1. The van der Waals surface area contributed by atoms with E-state index in [4.69, 9.17) is 30.8 Å². The molecular weight excluding hydrogens is 490 g/mol. The zero-order valence-corrected chi connectivity index (χ0v) is 21.7. The number of pyridine rings is 1. The molecule has 0 radical (unpaired) electrons. The van der Waals surface area contributed by atoms with E-state index in [0.29, 0.717) is 28.6 Å². The summed E-state index contributed by atoms with van der Waals surface area (Å²) >= 11 is 6.17. The number of anilines is 1.